The highest BCUT2D eigenvalue weighted by atomic mass is 16.5. The highest BCUT2D eigenvalue weighted by Gasteiger charge is 2.05. The summed E-state index contributed by atoms with van der Waals surface area (Å²) in [5.41, 5.74) is 1.75. The summed E-state index contributed by atoms with van der Waals surface area (Å²) in [5.74, 6) is 0.287. The number of hydrogen-bond donors (Lipinski definition) is 2. The molecule has 0 unspecified atom stereocenters. The molecule has 0 saturated carbocycles. The van der Waals surface area contributed by atoms with Crippen molar-refractivity contribution in [1.29, 1.82) is 0 Å². The van der Waals surface area contributed by atoms with Gasteiger partial charge in [-0.15, -0.1) is 0 Å². The molecule has 0 heterocycles. The first-order valence-electron chi connectivity index (χ1n) is 9.03. The number of ketones is 2. The molecular formula is C23H24O6. The van der Waals surface area contributed by atoms with Gasteiger partial charge in [0.15, 0.2) is 34.6 Å². The Labute approximate surface area is 169 Å². The molecule has 6 nitrogen and oxygen atoms in total. The number of hydrogen-bond acceptors (Lipinski definition) is 6. The molecule has 0 atom stereocenters. The van der Waals surface area contributed by atoms with Crippen molar-refractivity contribution in [3.05, 3.63) is 71.8 Å². The number of phenolic OH excluding ortho intramolecular Hbond substituents is 2. The Bertz CT molecular complexity index is 851. The van der Waals surface area contributed by atoms with Gasteiger partial charge in [-0.05, 0) is 60.4 Å². The van der Waals surface area contributed by atoms with Crippen molar-refractivity contribution in [2.24, 2.45) is 0 Å². The predicted molar refractivity (Wildman–Crippen MR) is 110 cm³/mol. The molecule has 0 spiro atoms. The maximum Gasteiger partial charge on any atom is 0.163 e. The van der Waals surface area contributed by atoms with Gasteiger partial charge in [0.05, 0.1) is 20.6 Å². The van der Waals surface area contributed by atoms with Crippen LogP contribution >= 0.6 is 0 Å². The van der Waals surface area contributed by atoms with E-state index >= 15 is 0 Å². The van der Waals surface area contributed by atoms with E-state index in [2.05, 4.69) is 0 Å². The van der Waals surface area contributed by atoms with Gasteiger partial charge < -0.3 is 19.7 Å². The molecule has 0 amide bonds. The van der Waals surface area contributed by atoms with Crippen LogP contribution in [0.5, 0.6) is 23.0 Å². The zero-order valence-electron chi connectivity index (χ0n) is 16.4. The van der Waals surface area contributed by atoms with Gasteiger partial charge in [0.2, 0.25) is 0 Å². The molecule has 0 bridgehead atoms. The predicted octanol–water partition coefficient (Wildman–Crippen LogP) is 3.54. The quantitative estimate of drug-likeness (QED) is 0.471. The van der Waals surface area contributed by atoms with Crippen molar-refractivity contribution in [1.82, 2.24) is 0 Å². The second-order valence-electron chi connectivity index (χ2n) is 6.33. The summed E-state index contributed by atoms with van der Waals surface area (Å²) < 4.78 is 10.1. The van der Waals surface area contributed by atoms with E-state index in [4.69, 9.17) is 9.47 Å². The van der Waals surface area contributed by atoms with Gasteiger partial charge in [-0.2, -0.15) is 0 Å². The smallest absolute Gasteiger partial charge is 0.163 e. The number of carbonyl (C=O) groups excluding carboxylic acids is 2. The lowest BCUT2D eigenvalue weighted by atomic mass is 10.1. The summed E-state index contributed by atoms with van der Waals surface area (Å²) in [5, 5.41) is 19.1. The van der Waals surface area contributed by atoms with E-state index in [1.54, 1.807) is 36.4 Å². The third kappa shape index (κ3) is 6.84. The maximum absolute atomic E-state index is 11.9. The van der Waals surface area contributed by atoms with Crippen LogP contribution in [-0.4, -0.2) is 36.0 Å². The van der Waals surface area contributed by atoms with Gasteiger partial charge in [0.25, 0.3) is 0 Å². The van der Waals surface area contributed by atoms with Crippen LogP contribution in [0.25, 0.3) is 0 Å². The van der Waals surface area contributed by atoms with E-state index in [1.165, 1.54) is 38.5 Å². The zero-order valence-corrected chi connectivity index (χ0v) is 16.4. The Morgan fingerprint density at radius 1 is 0.793 bits per heavy atom. The normalized spacial score (nSPS) is 11.1. The van der Waals surface area contributed by atoms with E-state index in [0.29, 0.717) is 24.3 Å². The molecule has 2 rings (SSSR count). The molecule has 2 aromatic carbocycles. The summed E-state index contributed by atoms with van der Waals surface area (Å²) in [6.07, 6.45) is 6.88. The Hall–Kier alpha value is -3.54. The van der Waals surface area contributed by atoms with Crippen molar-refractivity contribution in [2.75, 3.05) is 14.2 Å². The number of rotatable bonds is 10. The van der Waals surface area contributed by atoms with Gasteiger partial charge in [-0.25, -0.2) is 0 Å². The Kier molecular flexibility index (Phi) is 8.03. The lowest BCUT2D eigenvalue weighted by Gasteiger charge is -2.04. The first kappa shape index (κ1) is 21.8. The Morgan fingerprint density at radius 2 is 1.21 bits per heavy atom. The van der Waals surface area contributed by atoms with Crippen molar-refractivity contribution in [3.63, 3.8) is 0 Å². The summed E-state index contributed by atoms with van der Waals surface area (Å²) in [6, 6.07) is 9.91. The van der Waals surface area contributed by atoms with Crippen LogP contribution in [-0.2, 0) is 22.4 Å². The summed E-state index contributed by atoms with van der Waals surface area (Å²) in [4.78, 5) is 23.8. The van der Waals surface area contributed by atoms with E-state index in [1.807, 2.05) is 0 Å². The lowest BCUT2D eigenvalue weighted by Crippen LogP contribution is -2.02. The molecule has 29 heavy (non-hydrogen) atoms. The molecule has 152 valence electrons. The van der Waals surface area contributed by atoms with Crippen molar-refractivity contribution >= 4 is 11.6 Å². The standard InChI is InChI=1S/C23H24O6/c1-28-22-13-16(9-11-20(22)26)5-3-7-18(24)15-19(25)8-4-6-17-10-12-21(27)23(14-17)29-2/h3-4,7-14,26-27H,5-6,15H2,1-2H3/b7-3+,8-4+. The molecule has 0 aromatic heterocycles. The van der Waals surface area contributed by atoms with Gasteiger partial charge in [0.1, 0.15) is 0 Å². The molecule has 0 aliphatic rings. The second kappa shape index (κ2) is 10.7. The summed E-state index contributed by atoms with van der Waals surface area (Å²) >= 11 is 0. The van der Waals surface area contributed by atoms with Crippen molar-refractivity contribution in [2.45, 2.75) is 19.3 Å². The maximum atomic E-state index is 11.9. The van der Waals surface area contributed by atoms with E-state index in [0.717, 1.165) is 11.1 Å². The molecule has 0 aliphatic carbocycles. The van der Waals surface area contributed by atoms with Crippen LogP contribution in [0, 0.1) is 0 Å². The van der Waals surface area contributed by atoms with E-state index in [-0.39, 0.29) is 29.5 Å². The molecule has 0 saturated heterocycles. The number of methoxy groups -OCH3 is 2. The lowest BCUT2D eigenvalue weighted by molar-refractivity contribution is -0.121. The number of allylic oxidation sites excluding steroid dienone is 4. The monoisotopic (exact) mass is 396 g/mol. The minimum atomic E-state index is -0.281. The van der Waals surface area contributed by atoms with Crippen LogP contribution in [0.3, 0.4) is 0 Å². The van der Waals surface area contributed by atoms with Crippen LogP contribution < -0.4 is 9.47 Å². The van der Waals surface area contributed by atoms with Crippen LogP contribution in [0.4, 0.5) is 0 Å². The van der Waals surface area contributed by atoms with Crippen LogP contribution in [0.1, 0.15) is 17.5 Å². The topological polar surface area (TPSA) is 93.1 Å². The molecule has 6 heteroatoms. The fraction of sp³-hybridized carbons (Fsp3) is 0.217. The minimum Gasteiger partial charge on any atom is -0.504 e. The molecule has 2 aromatic rings. The fourth-order valence-corrected chi connectivity index (χ4v) is 2.64. The Morgan fingerprint density at radius 3 is 1.59 bits per heavy atom. The highest BCUT2D eigenvalue weighted by Crippen LogP contribution is 2.27. The van der Waals surface area contributed by atoms with Crippen molar-refractivity contribution in [3.8, 4) is 23.0 Å². The third-order valence-corrected chi connectivity index (χ3v) is 4.15. The SMILES string of the molecule is COc1cc(C/C=C/C(=O)CC(=O)/C=C/Cc2ccc(O)c(OC)c2)ccc1O. The second-order valence-corrected chi connectivity index (χ2v) is 6.33. The molecule has 0 radical (unpaired) electrons. The van der Waals surface area contributed by atoms with Gasteiger partial charge >= 0.3 is 0 Å². The molecule has 0 aliphatic heterocycles. The number of ether oxygens (including phenoxy) is 2. The minimum absolute atomic E-state index is 0.0550. The molecular weight excluding hydrogens is 372 g/mol. The number of carbonyl (C=O) groups is 2. The third-order valence-electron chi connectivity index (χ3n) is 4.15. The fourth-order valence-electron chi connectivity index (χ4n) is 2.64. The number of phenols is 2. The van der Waals surface area contributed by atoms with Gasteiger partial charge in [-0.3, -0.25) is 9.59 Å². The Balaban J connectivity index is 1.81. The van der Waals surface area contributed by atoms with Crippen LogP contribution in [0.2, 0.25) is 0 Å². The molecule has 0 fully saturated rings. The van der Waals surface area contributed by atoms with Crippen molar-refractivity contribution < 1.29 is 29.3 Å². The first-order valence-corrected chi connectivity index (χ1v) is 9.03. The zero-order chi connectivity index (χ0) is 21.2. The van der Waals surface area contributed by atoms with E-state index in [9.17, 15) is 19.8 Å². The average Bonchev–Trinajstić information content (AvgIpc) is 2.70. The van der Waals surface area contributed by atoms with Gasteiger partial charge in [-0.1, -0.05) is 24.3 Å². The number of aromatic hydroxyl groups is 2. The van der Waals surface area contributed by atoms with Crippen LogP contribution in [0.15, 0.2) is 60.7 Å². The summed E-state index contributed by atoms with van der Waals surface area (Å²) in [7, 11) is 2.94. The first-order chi connectivity index (χ1) is 13.9. The van der Waals surface area contributed by atoms with E-state index < -0.39 is 0 Å². The highest BCUT2D eigenvalue weighted by molar-refractivity contribution is 6.08. The number of benzene rings is 2. The van der Waals surface area contributed by atoms with Gasteiger partial charge in [0, 0.05) is 0 Å². The largest absolute Gasteiger partial charge is 0.504 e. The average molecular weight is 396 g/mol. The summed E-state index contributed by atoms with van der Waals surface area (Å²) in [6.45, 7) is 0. The molecule has 2 N–H and O–H groups in total.